The van der Waals surface area contributed by atoms with Gasteiger partial charge < -0.3 is 0 Å². The van der Waals surface area contributed by atoms with Crippen LogP contribution in [-0.4, -0.2) is 23.6 Å². The van der Waals surface area contributed by atoms with Crippen LogP contribution in [-0.2, 0) is 14.8 Å². The Morgan fingerprint density at radius 3 is 2.33 bits per heavy atom. The molecule has 4 rings (SSSR count). The first kappa shape index (κ1) is 17.2. The number of hydrogen-bond acceptors (Lipinski definition) is 5. The summed E-state index contributed by atoms with van der Waals surface area (Å²) in [7, 11) is -4.34. The number of fused-ring (bicyclic) bond motifs is 1. The van der Waals surface area contributed by atoms with Gasteiger partial charge in [0.1, 0.15) is 0 Å². The van der Waals surface area contributed by atoms with Crippen molar-refractivity contribution in [1.82, 2.24) is 4.31 Å². The van der Waals surface area contributed by atoms with Crippen molar-refractivity contribution >= 4 is 32.4 Å². The Morgan fingerprint density at radius 2 is 1.63 bits per heavy atom. The molecule has 0 spiro atoms. The highest BCUT2D eigenvalue weighted by Gasteiger charge is 2.47. The van der Waals surface area contributed by atoms with E-state index in [0.717, 1.165) is 27.2 Å². The molecule has 0 saturated carbocycles. The SMILES string of the molecule is O=C1C[C@@H](c2ccc3ccccc3c2)N1S(=O)(=O)c1ccccc1[N+](=O)[O-]. The number of para-hydroxylation sites is 1. The first-order valence-corrected chi connectivity index (χ1v) is 9.63. The molecule has 1 saturated heterocycles. The van der Waals surface area contributed by atoms with Crippen LogP contribution in [0.1, 0.15) is 18.0 Å². The number of nitrogens with zero attached hydrogens (tertiary/aromatic N) is 2. The van der Waals surface area contributed by atoms with Crippen molar-refractivity contribution in [3.05, 3.63) is 82.4 Å². The van der Waals surface area contributed by atoms with E-state index in [0.29, 0.717) is 5.56 Å². The Bertz CT molecular complexity index is 1190. The summed E-state index contributed by atoms with van der Waals surface area (Å²) in [6, 6.07) is 17.5. The summed E-state index contributed by atoms with van der Waals surface area (Å²) in [4.78, 5) is 22.1. The molecule has 0 bridgehead atoms. The summed E-state index contributed by atoms with van der Waals surface area (Å²) in [5.41, 5.74) is 0.130. The van der Waals surface area contributed by atoms with Crippen molar-refractivity contribution in [2.75, 3.05) is 0 Å². The van der Waals surface area contributed by atoms with E-state index in [9.17, 15) is 23.3 Å². The third kappa shape index (κ3) is 2.74. The molecule has 3 aromatic rings. The number of hydrogen-bond donors (Lipinski definition) is 0. The fourth-order valence-electron chi connectivity index (χ4n) is 3.30. The number of nitro benzene ring substituents is 1. The summed E-state index contributed by atoms with van der Waals surface area (Å²) in [5.74, 6) is -0.577. The average Bonchev–Trinajstić information content (AvgIpc) is 2.65. The van der Waals surface area contributed by atoms with E-state index in [1.165, 1.54) is 12.1 Å². The van der Waals surface area contributed by atoms with E-state index in [1.807, 2.05) is 36.4 Å². The molecule has 1 fully saturated rings. The number of nitro groups is 1. The van der Waals surface area contributed by atoms with E-state index in [-0.39, 0.29) is 6.42 Å². The summed E-state index contributed by atoms with van der Waals surface area (Å²) in [6.45, 7) is 0. The van der Waals surface area contributed by atoms with Gasteiger partial charge in [0.25, 0.3) is 15.7 Å². The van der Waals surface area contributed by atoms with E-state index in [1.54, 1.807) is 6.07 Å². The number of carbonyl (C=O) groups excluding carboxylic acids is 1. The van der Waals surface area contributed by atoms with Crippen molar-refractivity contribution in [3.8, 4) is 0 Å². The summed E-state index contributed by atoms with van der Waals surface area (Å²) < 4.78 is 26.7. The lowest BCUT2D eigenvalue weighted by Crippen LogP contribution is -2.49. The largest absolute Gasteiger partial charge is 0.289 e. The molecular formula is C19H14N2O5S. The third-order valence-electron chi connectivity index (χ3n) is 4.65. The minimum Gasteiger partial charge on any atom is -0.274 e. The van der Waals surface area contributed by atoms with Crippen LogP contribution in [0.15, 0.2) is 71.6 Å². The van der Waals surface area contributed by atoms with Crippen molar-refractivity contribution < 1.29 is 18.1 Å². The molecule has 0 radical (unpaired) electrons. The molecule has 0 aromatic heterocycles. The first-order valence-electron chi connectivity index (χ1n) is 8.19. The van der Waals surface area contributed by atoms with Gasteiger partial charge in [-0.15, -0.1) is 0 Å². The van der Waals surface area contributed by atoms with Gasteiger partial charge in [-0.25, -0.2) is 12.7 Å². The molecule has 0 unspecified atom stereocenters. The van der Waals surface area contributed by atoms with Gasteiger partial charge in [-0.3, -0.25) is 14.9 Å². The molecular weight excluding hydrogens is 368 g/mol. The van der Waals surface area contributed by atoms with E-state index >= 15 is 0 Å². The van der Waals surface area contributed by atoms with Crippen LogP contribution in [0.25, 0.3) is 10.8 Å². The number of benzene rings is 3. The molecule has 3 aromatic carbocycles. The predicted octanol–water partition coefficient (Wildman–Crippen LogP) is 3.41. The number of β-lactam (4-membered cyclic amide) rings is 1. The van der Waals surface area contributed by atoms with Crippen LogP contribution in [0.5, 0.6) is 0 Å². The van der Waals surface area contributed by atoms with Gasteiger partial charge in [0, 0.05) is 6.07 Å². The van der Waals surface area contributed by atoms with Gasteiger partial charge in [0.2, 0.25) is 5.91 Å². The fraction of sp³-hybridized carbons (Fsp3) is 0.105. The van der Waals surface area contributed by atoms with Crippen molar-refractivity contribution in [3.63, 3.8) is 0 Å². The monoisotopic (exact) mass is 382 g/mol. The van der Waals surface area contributed by atoms with E-state index in [2.05, 4.69) is 0 Å². The molecule has 7 nitrogen and oxygen atoms in total. The molecule has 1 atom stereocenters. The van der Waals surface area contributed by atoms with Gasteiger partial charge in [-0.05, 0) is 28.5 Å². The highest BCUT2D eigenvalue weighted by atomic mass is 32.2. The van der Waals surface area contributed by atoms with Crippen LogP contribution in [0, 0.1) is 10.1 Å². The van der Waals surface area contributed by atoms with Crippen LogP contribution >= 0.6 is 0 Å². The minimum absolute atomic E-state index is 0.0399. The molecule has 1 amide bonds. The lowest BCUT2D eigenvalue weighted by molar-refractivity contribution is -0.387. The zero-order chi connectivity index (χ0) is 19.2. The highest BCUT2D eigenvalue weighted by Crippen LogP contribution is 2.41. The maximum Gasteiger partial charge on any atom is 0.289 e. The van der Waals surface area contributed by atoms with Gasteiger partial charge in [0.05, 0.1) is 17.4 Å². The Hall–Kier alpha value is -3.26. The second kappa shape index (κ2) is 6.17. The number of sulfonamides is 1. The van der Waals surface area contributed by atoms with Gasteiger partial charge in [-0.1, -0.05) is 48.5 Å². The molecule has 136 valence electrons. The lowest BCUT2D eigenvalue weighted by atomic mass is 9.95. The maximum absolute atomic E-state index is 13.0. The van der Waals surface area contributed by atoms with Gasteiger partial charge in [0.15, 0.2) is 4.90 Å². The van der Waals surface area contributed by atoms with Crippen LogP contribution < -0.4 is 0 Å². The molecule has 1 aliphatic rings. The standard InChI is InChI=1S/C19H14N2O5S/c22-19-12-17(15-10-9-13-5-1-2-6-14(13)11-15)20(19)27(25,26)18-8-4-3-7-16(18)21(23)24/h1-11,17H,12H2/t17-/m0/s1. The second-order valence-electron chi connectivity index (χ2n) is 6.25. The first-order chi connectivity index (χ1) is 12.9. The molecule has 1 heterocycles. The number of rotatable bonds is 4. The molecule has 0 aliphatic carbocycles. The smallest absolute Gasteiger partial charge is 0.274 e. The second-order valence-corrected chi connectivity index (χ2v) is 8.03. The Balaban J connectivity index is 1.78. The molecule has 0 N–H and O–H groups in total. The summed E-state index contributed by atoms with van der Waals surface area (Å²) in [6.07, 6.45) is 0.0399. The fourth-order valence-corrected chi connectivity index (χ4v) is 5.04. The predicted molar refractivity (Wildman–Crippen MR) is 98.4 cm³/mol. The maximum atomic E-state index is 13.0. The third-order valence-corrected chi connectivity index (χ3v) is 6.53. The van der Waals surface area contributed by atoms with Crippen LogP contribution in [0.3, 0.4) is 0 Å². The van der Waals surface area contributed by atoms with E-state index < -0.39 is 37.5 Å². The Kier molecular flexibility index (Phi) is 3.92. The zero-order valence-electron chi connectivity index (χ0n) is 14.0. The average molecular weight is 382 g/mol. The lowest BCUT2D eigenvalue weighted by Gasteiger charge is -2.39. The van der Waals surface area contributed by atoms with Gasteiger partial charge >= 0.3 is 0 Å². The van der Waals surface area contributed by atoms with Crippen molar-refractivity contribution in [1.29, 1.82) is 0 Å². The zero-order valence-corrected chi connectivity index (χ0v) is 14.8. The topological polar surface area (TPSA) is 97.6 Å². The molecule has 8 heteroatoms. The highest BCUT2D eigenvalue weighted by molar-refractivity contribution is 7.90. The van der Waals surface area contributed by atoms with Gasteiger partial charge in [-0.2, -0.15) is 0 Å². The summed E-state index contributed by atoms with van der Waals surface area (Å²) >= 11 is 0. The quantitative estimate of drug-likeness (QED) is 0.391. The normalized spacial score (nSPS) is 17.0. The van der Waals surface area contributed by atoms with Crippen LogP contribution in [0.4, 0.5) is 5.69 Å². The minimum atomic E-state index is -4.34. The van der Waals surface area contributed by atoms with Crippen molar-refractivity contribution in [2.45, 2.75) is 17.4 Å². The molecule has 27 heavy (non-hydrogen) atoms. The number of carbonyl (C=O) groups is 1. The summed E-state index contributed by atoms with van der Waals surface area (Å²) in [5, 5.41) is 13.1. The van der Waals surface area contributed by atoms with Crippen LogP contribution in [0.2, 0.25) is 0 Å². The Morgan fingerprint density at radius 1 is 0.963 bits per heavy atom. The van der Waals surface area contributed by atoms with Crippen molar-refractivity contribution in [2.24, 2.45) is 0 Å². The number of amides is 1. The Labute approximate surface area is 155 Å². The van der Waals surface area contributed by atoms with E-state index in [4.69, 9.17) is 0 Å². The molecule has 1 aliphatic heterocycles.